The summed E-state index contributed by atoms with van der Waals surface area (Å²) < 4.78 is 7.44. The molecule has 0 unspecified atom stereocenters. The Morgan fingerprint density at radius 2 is 1.80 bits per heavy atom. The summed E-state index contributed by atoms with van der Waals surface area (Å²) in [6, 6.07) is 0. The van der Waals surface area contributed by atoms with Crippen LogP contribution in [0.4, 0.5) is 0 Å². The van der Waals surface area contributed by atoms with E-state index in [-0.39, 0.29) is 11.2 Å². The van der Waals surface area contributed by atoms with E-state index in [1.54, 1.807) is 0 Å². The van der Waals surface area contributed by atoms with Crippen LogP contribution in [0.25, 0.3) is 0 Å². The molecular formula is C13H25IO. The second kappa shape index (κ2) is 5.35. The Labute approximate surface area is 108 Å². The Balaban J connectivity index is 2.56. The zero-order chi connectivity index (χ0) is 11.5. The van der Waals surface area contributed by atoms with Crippen LogP contribution in [0.5, 0.6) is 0 Å². The first-order chi connectivity index (χ1) is 6.91. The van der Waals surface area contributed by atoms with Crippen LogP contribution >= 0.6 is 22.6 Å². The summed E-state index contributed by atoms with van der Waals surface area (Å²) in [6.07, 6.45) is 6.56. The Hall–Kier alpha value is 0.690. The molecule has 1 rings (SSSR count). The molecule has 1 fully saturated rings. The van der Waals surface area contributed by atoms with Gasteiger partial charge in [-0.1, -0.05) is 35.9 Å². The van der Waals surface area contributed by atoms with Crippen LogP contribution < -0.4 is 0 Å². The molecule has 2 heteroatoms. The van der Waals surface area contributed by atoms with Gasteiger partial charge in [0, 0.05) is 4.43 Å². The molecule has 1 aliphatic carbocycles. The van der Waals surface area contributed by atoms with Crippen molar-refractivity contribution in [2.24, 2.45) is 5.92 Å². The summed E-state index contributed by atoms with van der Waals surface area (Å²) in [5, 5.41) is 0. The van der Waals surface area contributed by atoms with E-state index in [0.29, 0.717) is 0 Å². The minimum Gasteiger partial charge on any atom is -0.369 e. The van der Waals surface area contributed by atoms with E-state index in [0.717, 1.165) is 10.3 Å². The van der Waals surface area contributed by atoms with Crippen molar-refractivity contribution in [3.63, 3.8) is 0 Å². The Morgan fingerprint density at radius 3 is 2.13 bits per heavy atom. The second-order valence-corrected chi connectivity index (χ2v) is 6.65. The lowest BCUT2D eigenvalue weighted by molar-refractivity contribution is -0.138. The third-order valence-corrected chi connectivity index (χ3v) is 4.75. The SMILES string of the molecule is CCC1CCC(CI)(OC(C)(C)C)CC1. The number of rotatable bonds is 3. The smallest absolute Gasteiger partial charge is 0.0778 e. The first kappa shape index (κ1) is 13.8. The van der Waals surface area contributed by atoms with Gasteiger partial charge in [-0.3, -0.25) is 0 Å². The topological polar surface area (TPSA) is 9.23 Å². The fourth-order valence-corrected chi connectivity index (χ4v) is 3.44. The Bertz CT molecular complexity index is 187. The van der Waals surface area contributed by atoms with Crippen molar-refractivity contribution in [2.75, 3.05) is 4.43 Å². The summed E-state index contributed by atoms with van der Waals surface area (Å²) >= 11 is 2.49. The van der Waals surface area contributed by atoms with Gasteiger partial charge in [0.2, 0.25) is 0 Å². The first-order valence-electron chi connectivity index (χ1n) is 6.17. The summed E-state index contributed by atoms with van der Waals surface area (Å²) in [6.45, 7) is 8.83. The van der Waals surface area contributed by atoms with E-state index < -0.39 is 0 Å². The van der Waals surface area contributed by atoms with Gasteiger partial charge in [0.05, 0.1) is 11.2 Å². The molecule has 1 saturated carbocycles. The number of halogens is 1. The van der Waals surface area contributed by atoms with Crippen LogP contribution in [-0.2, 0) is 4.74 Å². The van der Waals surface area contributed by atoms with Gasteiger partial charge in [0.1, 0.15) is 0 Å². The number of alkyl halides is 1. The highest BCUT2D eigenvalue weighted by molar-refractivity contribution is 14.1. The Morgan fingerprint density at radius 1 is 1.27 bits per heavy atom. The molecule has 0 aromatic rings. The number of ether oxygens (including phenoxy) is 1. The van der Waals surface area contributed by atoms with E-state index in [1.807, 2.05) is 0 Å². The maximum atomic E-state index is 6.30. The summed E-state index contributed by atoms with van der Waals surface area (Å²) in [7, 11) is 0. The van der Waals surface area contributed by atoms with Crippen molar-refractivity contribution in [3.8, 4) is 0 Å². The highest BCUT2D eigenvalue weighted by Crippen LogP contribution is 2.39. The molecule has 0 aliphatic heterocycles. The van der Waals surface area contributed by atoms with E-state index in [9.17, 15) is 0 Å². The fraction of sp³-hybridized carbons (Fsp3) is 1.00. The largest absolute Gasteiger partial charge is 0.369 e. The fourth-order valence-electron chi connectivity index (χ4n) is 2.52. The molecule has 0 amide bonds. The van der Waals surface area contributed by atoms with Crippen LogP contribution in [0, 0.1) is 5.92 Å². The van der Waals surface area contributed by atoms with E-state index in [4.69, 9.17) is 4.74 Å². The first-order valence-corrected chi connectivity index (χ1v) is 7.69. The zero-order valence-corrected chi connectivity index (χ0v) is 12.8. The van der Waals surface area contributed by atoms with Gasteiger partial charge in [-0.05, 0) is 52.4 Å². The minimum atomic E-state index is 0.00419. The maximum absolute atomic E-state index is 6.30. The molecule has 0 radical (unpaired) electrons. The molecular weight excluding hydrogens is 299 g/mol. The van der Waals surface area contributed by atoms with Crippen molar-refractivity contribution in [1.82, 2.24) is 0 Å². The van der Waals surface area contributed by atoms with E-state index in [2.05, 4.69) is 50.3 Å². The molecule has 0 N–H and O–H groups in total. The van der Waals surface area contributed by atoms with Gasteiger partial charge in [0.15, 0.2) is 0 Å². The van der Waals surface area contributed by atoms with E-state index >= 15 is 0 Å². The van der Waals surface area contributed by atoms with Crippen LogP contribution in [0.3, 0.4) is 0 Å². The highest BCUT2D eigenvalue weighted by atomic mass is 127. The molecule has 1 nitrogen and oxygen atoms in total. The summed E-state index contributed by atoms with van der Waals surface area (Å²) in [5.41, 5.74) is 0.175. The summed E-state index contributed by atoms with van der Waals surface area (Å²) in [4.78, 5) is 0. The van der Waals surface area contributed by atoms with Crippen LogP contribution in [0.15, 0.2) is 0 Å². The van der Waals surface area contributed by atoms with Gasteiger partial charge in [-0.2, -0.15) is 0 Å². The molecule has 1 aliphatic rings. The average Bonchev–Trinajstić information content (AvgIpc) is 2.16. The van der Waals surface area contributed by atoms with Gasteiger partial charge in [-0.25, -0.2) is 0 Å². The predicted molar refractivity (Wildman–Crippen MR) is 74.7 cm³/mol. The lowest BCUT2D eigenvalue weighted by atomic mass is 9.78. The lowest BCUT2D eigenvalue weighted by Gasteiger charge is -2.43. The van der Waals surface area contributed by atoms with E-state index in [1.165, 1.54) is 32.1 Å². The van der Waals surface area contributed by atoms with Crippen LogP contribution in [-0.4, -0.2) is 15.6 Å². The molecule has 15 heavy (non-hydrogen) atoms. The monoisotopic (exact) mass is 324 g/mol. The van der Waals surface area contributed by atoms with Crippen molar-refractivity contribution in [3.05, 3.63) is 0 Å². The lowest BCUT2D eigenvalue weighted by Crippen LogP contribution is -2.44. The van der Waals surface area contributed by atoms with Gasteiger partial charge >= 0.3 is 0 Å². The zero-order valence-electron chi connectivity index (χ0n) is 10.6. The molecule has 0 aromatic carbocycles. The maximum Gasteiger partial charge on any atom is 0.0778 e. The molecule has 0 spiro atoms. The standard InChI is InChI=1S/C13H25IO/c1-5-11-6-8-13(10-14,9-7-11)15-12(2,3)4/h11H,5-10H2,1-4H3. The molecule has 0 saturated heterocycles. The second-order valence-electron chi connectivity index (χ2n) is 5.88. The van der Waals surface area contributed by atoms with Crippen LogP contribution in [0.2, 0.25) is 0 Å². The molecule has 0 bridgehead atoms. The number of hydrogen-bond donors (Lipinski definition) is 0. The van der Waals surface area contributed by atoms with Gasteiger partial charge < -0.3 is 4.74 Å². The minimum absolute atomic E-state index is 0.00419. The van der Waals surface area contributed by atoms with Crippen molar-refractivity contribution in [1.29, 1.82) is 0 Å². The third-order valence-electron chi connectivity index (χ3n) is 3.36. The molecule has 0 heterocycles. The quantitative estimate of drug-likeness (QED) is 0.546. The Kier molecular flexibility index (Phi) is 4.90. The van der Waals surface area contributed by atoms with Crippen LogP contribution in [0.1, 0.15) is 59.8 Å². The van der Waals surface area contributed by atoms with Crippen molar-refractivity contribution in [2.45, 2.75) is 71.0 Å². The molecule has 0 aromatic heterocycles. The van der Waals surface area contributed by atoms with Gasteiger partial charge in [0.25, 0.3) is 0 Å². The van der Waals surface area contributed by atoms with Crippen molar-refractivity contribution < 1.29 is 4.74 Å². The van der Waals surface area contributed by atoms with Gasteiger partial charge in [-0.15, -0.1) is 0 Å². The summed E-state index contributed by atoms with van der Waals surface area (Å²) in [5.74, 6) is 0.949. The average molecular weight is 324 g/mol. The van der Waals surface area contributed by atoms with Crippen molar-refractivity contribution >= 4 is 22.6 Å². The predicted octanol–water partition coefficient (Wildman–Crippen LogP) is 4.58. The third kappa shape index (κ3) is 4.22. The molecule has 0 atom stereocenters. The highest BCUT2D eigenvalue weighted by Gasteiger charge is 2.37. The number of hydrogen-bond acceptors (Lipinski definition) is 1. The molecule has 90 valence electrons. The normalized spacial score (nSPS) is 33.0.